The fourth-order valence-electron chi connectivity index (χ4n) is 1.69. The first kappa shape index (κ1) is 16.3. The SMILES string of the molecule is COc1ccc(C(=O)O)cc1NS(=O)(=O)CC(C)(C)C. The number of hydrogen-bond donors (Lipinski definition) is 2. The fourth-order valence-corrected chi connectivity index (χ4v) is 3.40. The molecule has 0 amide bonds. The maximum atomic E-state index is 12.1. The van der Waals surface area contributed by atoms with Gasteiger partial charge in [0.1, 0.15) is 5.75 Å². The second-order valence-corrected chi connectivity index (χ2v) is 7.36. The smallest absolute Gasteiger partial charge is 0.335 e. The molecule has 0 saturated heterocycles. The number of rotatable bonds is 5. The van der Waals surface area contributed by atoms with E-state index >= 15 is 0 Å². The molecule has 6 nitrogen and oxygen atoms in total. The maximum absolute atomic E-state index is 12.1. The average molecular weight is 301 g/mol. The Morgan fingerprint density at radius 2 is 1.95 bits per heavy atom. The predicted octanol–water partition coefficient (Wildman–Crippen LogP) is 2.18. The third kappa shape index (κ3) is 4.73. The number of carboxylic acid groups (broad SMARTS) is 1. The van der Waals surface area contributed by atoms with Gasteiger partial charge in [0.15, 0.2) is 0 Å². The van der Waals surface area contributed by atoms with E-state index < -0.39 is 21.4 Å². The largest absolute Gasteiger partial charge is 0.495 e. The third-order valence-electron chi connectivity index (χ3n) is 2.33. The van der Waals surface area contributed by atoms with E-state index in [1.807, 2.05) is 0 Å². The highest BCUT2D eigenvalue weighted by molar-refractivity contribution is 7.92. The highest BCUT2D eigenvalue weighted by Crippen LogP contribution is 2.28. The van der Waals surface area contributed by atoms with Crippen LogP contribution in [0.1, 0.15) is 31.1 Å². The molecule has 0 radical (unpaired) electrons. The number of ether oxygens (including phenoxy) is 1. The molecule has 0 fully saturated rings. The molecule has 0 atom stereocenters. The zero-order valence-electron chi connectivity index (χ0n) is 11.9. The van der Waals surface area contributed by atoms with E-state index in [0.29, 0.717) is 0 Å². The zero-order valence-corrected chi connectivity index (χ0v) is 12.7. The van der Waals surface area contributed by atoms with Crippen molar-refractivity contribution in [3.05, 3.63) is 23.8 Å². The van der Waals surface area contributed by atoms with Crippen molar-refractivity contribution < 1.29 is 23.1 Å². The summed E-state index contributed by atoms with van der Waals surface area (Å²) >= 11 is 0. The van der Waals surface area contributed by atoms with E-state index in [1.54, 1.807) is 20.8 Å². The standard InChI is InChI=1S/C13H19NO5S/c1-13(2,3)8-20(17,18)14-10-7-9(12(15)16)5-6-11(10)19-4/h5-7,14H,8H2,1-4H3,(H,15,16). The molecule has 7 heteroatoms. The summed E-state index contributed by atoms with van der Waals surface area (Å²) in [6.45, 7) is 5.41. The lowest BCUT2D eigenvalue weighted by atomic mass is 10.0. The summed E-state index contributed by atoms with van der Waals surface area (Å²) in [6.07, 6.45) is 0. The summed E-state index contributed by atoms with van der Waals surface area (Å²) in [4.78, 5) is 10.9. The van der Waals surface area contributed by atoms with Gasteiger partial charge in [0.05, 0.1) is 24.1 Å². The molecular formula is C13H19NO5S. The molecule has 0 aliphatic rings. The first-order chi connectivity index (χ1) is 9.04. The maximum Gasteiger partial charge on any atom is 0.335 e. The number of sulfonamides is 1. The van der Waals surface area contributed by atoms with Crippen LogP contribution in [-0.4, -0.2) is 32.4 Å². The van der Waals surface area contributed by atoms with Crippen molar-refractivity contribution in [2.75, 3.05) is 17.6 Å². The summed E-state index contributed by atoms with van der Waals surface area (Å²) in [5, 5.41) is 8.94. The van der Waals surface area contributed by atoms with Crippen molar-refractivity contribution in [3.63, 3.8) is 0 Å². The molecule has 0 spiro atoms. The monoisotopic (exact) mass is 301 g/mol. The van der Waals surface area contributed by atoms with Gasteiger partial charge in [-0.15, -0.1) is 0 Å². The van der Waals surface area contributed by atoms with Crippen LogP contribution in [0.15, 0.2) is 18.2 Å². The lowest BCUT2D eigenvalue weighted by Crippen LogP contribution is -2.26. The highest BCUT2D eigenvalue weighted by Gasteiger charge is 2.23. The molecule has 1 aromatic rings. The van der Waals surface area contributed by atoms with E-state index in [0.717, 1.165) is 0 Å². The van der Waals surface area contributed by atoms with E-state index in [1.165, 1.54) is 25.3 Å². The second-order valence-electron chi connectivity index (χ2n) is 5.64. The van der Waals surface area contributed by atoms with Crippen LogP contribution in [0.5, 0.6) is 5.75 Å². The number of nitrogens with one attached hydrogen (secondary N) is 1. The van der Waals surface area contributed by atoms with Crippen LogP contribution in [0.2, 0.25) is 0 Å². The van der Waals surface area contributed by atoms with Crippen molar-refractivity contribution in [2.24, 2.45) is 5.41 Å². The molecule has 112 valence electrons. The molecule has 0 aliphatic heterocycles. The van der Waals surface area contributed by atoms with Crippen LogP contribution < -0.4 is 9.46 Å². The number of hydrogen-bond acceptors (Lipinski definition) is 4. The van der Waals surface area contributed by atoms with Gasteiger partial charge in [-0.2, -0.15) is 0 Å². The van der Waals surface area contributed by atoms with Gasteiger partial charge >= 0.3 is 5.97 Å². The molecule has 0 saturated carbocycles. The molecule has 2 N–H and O–H groups in total. The summed E-state index contributed by atoms with van der Waals surface area (Å²) in [5.74, 6) is -0.947. The highest BCUT2D eigenvalue weighted by atomic mass is 32.2. The Labute approximate surface area is 118 Å². The average Bonchev–Trinajstić information content (AvgIpc) is 2.24. The topological polar surface area (TPSA) is 92.7 Å². The first-order valence-corrected chi connectivity index (χ1v) is 7.61. The third-order valence-corrected chi connectivity index (χ3v) is 4.11. The molecule has 1 aromatic carbocycles. The van der Waals surface area contributed by atoms with Gasteiger partial charge in [0, 0.05) is 0 Å². The Balaban J connectivity index is 3.13. The number of benzene rings is 1. The summed E-state index contributed by atoms with van der Waals surface area (Å²) < 4.78 is 31.5. The van der Waals surface area contributed by atoms with Gasteiger partial charge in [-0.05, 0) is 23.6 Å². The fraction of sp³-hybridized carbons (Fsp3) is 0.462. The molecule has 0 aromatic heterocycles. The van der Waals surface area contributed by atoms with Crippen LogP contribution in [0, 0.1) is 5.41 Å². The van der Waals surface area contributed by atoms with Crippen molar-refractivity contribution >= 4 is 21.7 Å². The van der Waals surface area contributed by atoms with Crippen LogP contribution in [0.4, 0.5) is 5.69 Å². The quantitative estimate of drug-likeness (QED) is 0.869. The van der Waals surface area contributed by atoms with Gasteiger partial charge in [-0.3, -0.25) is 4.72 Å². The Morgan fingerprint density at radius 3 is 2.40 bits per heavy atom. The van der Waals surface area contributed by atoms with Gasteiger partial charge in [0.25, 0.3) is 0 Å². The van der Waals surface area contributed by atoms with Gasteiger partial charge in [-0.1, -0.05) is 20.8 Å². The number of methoxy groups -OCH3 is 1. The van der Waals surface area contributed by atoms with Crippen LogP contribution in [-0.2, 0) is 10.0 Å². The van der Waals surface area contributed by atoms with Gasteiger partial charge in [0.2, 0.25) is 10.0 Å². The number of aromatic carboxylic acids is 1. The Hall–Kier alpha value is -1.76. The lowest BCUT2D eigenvalue weighted by Gasteiger charge is -2.19. The minimum atomic E-state index is -3.59. The van der Waals surface area contributed by atoms with Crippen molar-refractivity contribution in [2.45, 2.75) is 20.8 Å². The van der Waals surface area contributed by atoms with Crippen LogP contribution >= 0.6 is 0 Å². The summed E-state index contributed by atoms with van der Waals surface area (Å²) in [5.41, 5.74) is -0.306. The predicted molar refractivity (Wildman–Crippen MR) is 76.8 cm³/mol. The lowest BCUT2D eigenvalue weighted by molar-refractivity contribution is 0.0697. The molecule has 0 unspecified atom stereocenters. The van der Waals surface area contributed by atoms with Crippen LogP contribution in [0.25, 0.3) is 0 Å². The number of carboxylic acids is 1. The van der Waals surface area contributed by atoms with E-state index in [9.17, 15) is 13.2 Å². The molecule has 0 heterocycles. The minimum Gasteiger partial charge on any atom is -0.495 e. The Kier molecular flexibility index (Phi) is 4.65. The molecule has 0 bridgehead atoms. The summed E-state index contributed by atoms with van der Waals surface area (Å²) in [7, 11) is -2.20. The second kappa shape index (κ2) is 5.70. The normalized spacial score (nSPS) is 12.0. The molecule has 1 rings (SSSR count). The van der Waals surface area contributed by atoms with Crippen molar-refractivity contribution in [1.82, 2.24) is 0 Å². The first-order valence-electron chi connectivity index (χ1n) is 5.96. The zero-order chi connectivity index (χ0) is 15.6. The summed E-state index contributed by atoms with van der Waals surface area (Å²) in [6, 6.07) is 4.00. The van der Waals surface area contributed by atoms with Crippen LogP contribution in [0.3, 0.4) is 0 Å². The van der Waals surface area contributed by atoms with Crippen molar-refractivity contribution in [1.29, 1.82) is 0 Å². The molecular weight excluding hydrogens is 282 g/mol. The molecule has 0 aliphatic carbocycles. The Bertz CT molecular complexity index is 602. The van der Waals surface area contributed by atoms with Gasteiger partial charge < -0.3 is 9.84 Å². The van der Waals surface area contributed by atoms with E-state index in [2.05, 4.69) is 4.72 Å². The number of anilines is 1. The van der Waals surface area contributed by atoms with E-state index in [4.69, 9.17) is 9.84 Å². The van der Waals surface area contributed by atoms with E-state index in [-0.39, 0.29) is 22.8 Å². The Morgan fingerprint density at radius 1 is 1.35 bits per heavy atom. The minimum absolute atomic E-state index is 0.0146. The van der Waals surface area contributed by atoms with Crippen molar-refractivity contribution in [3.8, 4) is 5.75 Å². The molecule has 20 heavy (non-hydrogen) atoms. The van der Waals surface area contributed by atoms with Gasteiger partial charge in [-0.25, -0.2) is 13.2 Å². The number of carbonyl (C=O) groups is 1.